The van der Waals surface area contributed by atoms with E-state index in [0.29, 0.717) is 12.0 Å². The number of benzene rings is 2. The van der Waals surface area contributed by atoms with Gasteiger partial charge < -0.3 is 15.7 Å². The molecular weight excluding hydrogens is 288 g/mol. The van der Waals surface area contributed by atoms with Crippen LogP contribution in [-0.4, -0.2) is 16.7 Å². The molecule has 0 aromatic heterocycles. The average molecular weight is 306 g/mol. The molecule has 0 radical (unpaired) electrons. The number of rotatable bonds is 5. The van der Waals surface area contributed by atoms with Crippen LogP contribution in [0.3, 0.4) is 0 Å². The number of hydrogen-bond donors (Lipinski definition) is 3. The van der Waals surface area contributed by atoms with Crippen molar-refractivity contribution in [2.24, 2.45) is 0 Å². The van der Waals surface area contributed by atoms with Gasteiger partial charge >= 0.3 is 5.97 Å². The van der Waals surface area contributed by atoms with Gasteiger partial charge in [0.1, 0.15) is 5.66 Å². The first-order valence-electron chi connectivity index (χ1n) is 7.46. The molecule has 1 aliphatic carbocycles. The first-order valence-corrected chi connectivity index (χ1v) is 7.46. The SMILES string of the molecule is O=C(O)C1=CCC(Nc2ccccc2)(Nc2ccccc2)C=C1. The van der Waals surface area contributed by atoms with Gasteiger partial charge in [0.05, 0.1) is 5.57 Å². The Morgan fingerprint density at radius 3 is 1.83 bits per heavy atom. The summed E-state index contributed by atoms with van der Waals surface area (Å²) in [5, 5.41) is 16.1. The van der Waals surface area contributed by atoms with Crippen molar-refractivity contribution in [1.82, 2.24) is 0 Å². The van der Waals surface area contributed by atoms with Gasteiger partial charge in [-0.05, 0) is 36.4 Å². The van der Waals surface area contributed by atoms with E-state index in [4.69, 9.17) is 5.11 Å². The monoisotopic (exact) mass is 306 g/mol. The Hall–Kier alpha value is -3.01. The zero-order valence-corrected chi connectivity index (χ0v) is 12.6. The van der Waals surface area contributed by atoms with Crippen LogP contribution in [-0.2, 0) is 4.79 Å². The van der Waals surface area contributed by atoms with E-state index in [0.717, 1.165) is 11.4 Å². The third-order valence-electron chi connectivity index (χ3n) is 3.72. The second-order valence-electron chi connectivity index (χ2n) is 5.46. The number of anilines is 2. The number of nitrogens with one attached hydrogen (secondary N) is 2. The fourth-order valence-electron chi connectivity index (χ4n) is 2.57. The number of para-hydroxylation sites is 2. The van der Waals surface area contributed by atoms with Gasteiger partial charge in [0.15, 0.2) is 0 Å². The molecule has 0 heterocycles. The van der Waals surface area contributed by atoms with E-state index in [-0.39, 0.29) is 0 Å². The van der Waals surface area contributed by atoms with Crippen LogP contribution in [0.4, 0.5) is 11.4 Å². The topological polar surface area (TPSA) is 61.4 Å². The van der Waals surface area contributed by atoms with Gasteiger partial charge in [-0.1, -0.05) is 42.5 Å². The number of carboxylic acids is 1. The molecule has 1 aliphatic rings. The van der Waals surface area contributed by atoms with Gasteiger partial charge in [-0.3, -0.25) is 0 Å². The molecule has 2 aromatic rings. The molecule has 3 N–H and O–H groups in total. The minimum atomic E-state index is -0.908. The third-order valence-corrected chi connectivity index (χ3v) is 3.72. The Kier molecular flexibility index (Phi) is 4.15. The van der Waals surface area contributed by atoms with Crippen molar-refractivity contribution in [1.29, 1.82) is 0 Å². The molecule has 0 spiro atoms. The quantitative estimate of drug-likeness (QED) is 0.734. The maximum atomic E-state index is 11.1. The van der Waals surface area contributed by atoms with Gasteiger partial charge in [-0.15, -0.1) is 0 Å². The minimum absolute atomic E-state index is 0.311. The van der Waals surface area contributed by atoms with Crippen LogP contribution in [0.2, 0.25) is 0 Å². The predicted molar refractivity (Wildman–Crippen MR) is 92.3 cm³/mol. The van der Waals surface area contributed by atoms with Gasteiger partial charge in [0.25, 0.3) is 0 Å². The first kappa shape index (κ1) is 14.9. The van der Waals surface area contributed by atoms with Crippen LogP contribution < -0.4 is 10.6 Å². The molecule has 0 saturated carbocycles. The van der Waals surface area contributed by atoms with E-state index in [2.05, 4.69) is 10.6 Å². The van der Waals surface area contributed by atoms with Crippen LogP contribution in [0.15, 0.2) is 84.5 Å². The normalized spacial score (nSPS) is 15.6. The molecule has 2 aromatic carbocycles. The van der Waals surface area contributed by atoms with Gasteiger partial charge in [-0.2, -0.15) is 0 Å². The van der Waals surface area contributed by atoms with Crippen molar-refractivity contribution < 1.29 is 9.90 Å². The van der Waals surface area contributed by atoms with Crippen molar-refractivity contribution in [3.8, 4) is 0 Å². The number of carboxylic acid groups (broad SMARTS) is 1. The summed E-state index contributed by atoms with van der Waals surface area (Å²) in [6, 6.07) is 19.7. The lowest BCUT2D eigenvalue weighted by Gasteiger charge is -2.36. The molecule has 0 aliphatic heterocycles. The third kappa shape index (κ3) is 3.61. The van der Waals surface area contributed by atoms with Crippen LogP contribution in [0, 0.1) is 0 Å². The Morgan fingerprint density at radius 2 is 1.43 bits per heavy atom. The van der Waals surface area contributed by atoms with E-state index in [9.17, 15) is 4.79 Å². The molecule has 0 unspecified atom stereocenters. The fourth-order valence-corrected chi connectivity index (χ4v) is 2.57. The first-order chi connectivity index (χ1) is 11.2. The highest BCUT2D eigenvalue weighted by atomic mass is 16.4. The summed E-state index contributed by atoms with van der Waals surface area (Å²) in [5.41, 5.74) is 1.67. The number of carbonyl (C=O) groups is 1. The van der Waals surface area contributed by atoms with Gasteiger partial charge in [-0.25, -0.2) is 4.79 Å². The standard InChI is InChI=1S/C19H18N2O2/c22-18(23)15-11-13-19(14-12-15,20-16-7-3-1-4-8-16)21-17-9-5-2-6-10-17/h1-13,20-21H,14H2,(H,22,23). The second-order valence-corrected chi connectivity index (χ2v) is 5.46. The average Bonchev–Trinajstić information content (AvgIpc) is 2.57. The lowest BCUT2D eigenvalue weighted by atomic mass is 9.95. The maximum absolute atomic E-state index is 11.1. The molecule has 3 rings (SSSR count). The largest absolute Gasteiger partial charge is 0.478 e. The Bertz CT molecular complexity index is 695. The van der Waals surface area contributed by atoms with Gasteiger partial charge in [0.2, 0.25) is 0 Å². The number of hydrogen-bond acceptors (Lipinski definition) is 3. The molecular formula is C19H18N2O2. The van der Waals surface area contributed by atoms with Crippen molar-refractivity contribution in [2.75, 3.05) is 10.6 Å². The summed E-state index contributed by atoms with van der Waals surface area (Å²) >= 11 is 0. The molecule has 0 saturated heterocycles. The van der Waals surface area contributed by atoms with E-state index in [1.807, 2.05) is 66.7 Å². The van der Waals surface area contributed by atoms with Crippen LogP contribution >= 0.6 is 0 Å². The molecule has 0 atom stereocenters. The molecule has 116 valence electrons. The Morgan fingerprint density at radius 1 is 0.913 bits per heavy atom. The molecule has 23 heavy (non-hydrogen) atoms. The zero-order valence-electron chi connectivity index (χ0n) is 12.6. The van der Waals surface area contributed by atoms with Crippen LogP contribution in [0.1, 0.15) is 6.42 Å². The van der Waals surface area contributed by atoms with Crippen molar-refractivity contribution in [3.05, 3.63) is 84.5 Å². The van der Waals surface area contributed by atoms with Crippen LogP contribution in [0.5, 0.6) is 0 Å². The van der Waals surface area contributed by atoms with Crippen LogP contribution in [0.25, 0.3) is 0 Å². The lowest BCUT2D eigenvalue weighted by molar-refractivity contribution is -0.132. The molecule has 4 nitrogen and oxygen atoms in total. The maximum Gasteiger partial charge on any atom is 0.335 e. The summed E-state index contributed by atoms with van der Waals surface area (Å²) in [4.78, 5) is 11.1. The molecule has 0 amide bonds. The van der Waals surface area contributed by atoms with Crippen molar-refractivity contribution in [2.45, 2.75) is 12.1 Å². The van der Waals surface area contributed by atoms with E-state index >= 15 is 0 Å². The second kappa shape index (κ2) is 6.40. The zero-order chi connectivity index (χ0) is 16.1. The molecule has 0 bridgehead atoms. The summed E-state index contributed by atoms with van der Waals surface area (Å²) in [6.07, 6.45) is 5.76. The highest BCUT2D eigenvalue weighted by Gasteiger charge is 2.29. The smallest absolute Gasteiger partial charge is 0.335 e. The summed E-state index contributed by atoms with van der Waals surface area (Å²) < 4.78 is 0. The van der Waals surface area contributed by atoms with E-state index in [1.54, 1.807) is 12.2 Å². The molecule has 0 fully saturated rings. The fraction of sp³-hybridized carbons (Fsp3) is 0.105. The predicted octanol–water partition coefficient (Wildman–Crippen LogP) is 3.88. The summed E-state index contributed by atoms with van der Waals surface area (Å²) in [6.45, 7) is 0. The van der Waals surface area contributed by atoms with Gasteiger partial charge in [0, 0.05) is 17.8 Å². The highest BCUT2D eigenvalue weighted by molar-refractivity contribution is 5.90. The highest BCUT2D eigenvalue weighted by Crippen LogP contribution is 2.28. The number of aliphatic carboxylic acids is 1. The van der Waals surface area contributed by atoms with E-state index in [1.165, 1.54) is 0 Å². The van der Waals surface area contributed by atoms with Crippen molar-refractivity contribution >= 4 is 17.3 Å². The summed E-state index contributed by atoms with van der Waals surface area (Å²) in [7, 11) is 0. The molecule has 4 heteroatoms. The summed E-state index contributed by atoms with van der Waals surface area (Å²) in [5.74, 6) is -0.908. The lowest BCUT2D eigenvalue weighted by Crippen LogP contribution is -2.45. The Labute approximate surface area is 135 Å². The van der Waals surface area contributed by atoms with E-state index < -0.39 is 11.6 Å². The van der Waals surface area contributed by atoms with Crippen molar-refractivity contribution in [3.63, 3.8) is 0 Å². The Balaban J connectivity index is 1.88. The minimum Gasteiger partial charge on any atom is -0.478 e.